The van der Waals surface area contributed by atoms with E-state index in [-0.39, 0.29) is 0 Å². The monoisotopic (exact) mass is 282 g/mol. The van der Waals surface area contributed by atoms with Crippen LogP contribution in [-0.2, 0) is 6.54 Å². The van der Waals surface area contributed by atoms with Gasteiger partial charge in [-0.1, -0.05) is 22.0 Å². The van der Waals surface area contributed by atoms with Crippen LogP contribution in [0.4, 0.5) is 4.79 Å². The molecule has 0 aliphatic heterocycles. The molecule has 2 N–H and O–H groups in total. The number of benzene rings is 1. The smallest absolute Gasteiger partial charge is 0.407 e. The van der Waals surface area contributed by atoms with Crippen LogP contribution in [0.25, 0.3) is 10.9 Å². The van der Waals surface area contributed by atoms with Gasteiger partial charge in [0, 0.05) is 28.6 Å². The molecule has 5 heteroatoms. The highest BCUT2D eigenvalue weighted by Crippen LogP contribution is 2.23. The quantitative estimate of drug-likeness (QED) is 0.890. The Morgan fingerprint density at radius 2 is 2.31 bits per heavy atom. The summed E-state index contributed by atoms with van der Waals surface area (Å²) in [6, 6.07) is 5.89. The van der Waals surface area contributed by atoms with E-state index < -0.39 is 6.09 Å². The summed E-state index contributed by atoms with van der Waals surface area (Å²) < 4.78 is 1.000. The molecule has 4 nitrogen and oxygen atoms in total. The molecule has 1 aromatic carbocycles. The fourth-order valence-corrected chi connectivity index (χ4v) is 1.97. The van der Waals surface area contributed by atoms with Gasteiger partial charge in [0.1, 0.15) is 0 Å². The maximum atomic E-state index is 10.7. The maximum Gasteiger partial charge on any atom is 0.407 e. The zero-order valence-electron chi connectivity index (χ0n) is 8.70. The first-order valence-electron chi connectivity index (χ1n) is 4.77. The van der Waals surface area contributed by atoms with Crippen LogP contribution in [0.1, 0.15) is 5.56 Å². The Morgan fingerprint density at radius 3 is 3.00 bits per heavy atom. The molecule has 0 spiro atoms. The lowest BCUT2D eigenvalue weighted by Gasteiger charge is -2.11. The molecule has 1 heterocycles. The summed E-state index contributed by atoms with van der Waals surface area (Å²) in [5.74, 6) is 0. The Balaban J connectivity index is 2.35. The van der Waals surface area contributed by atoms with E-state index in [1.54, 1.807) is 7.05 Å². The fraction of sp³-hybridized carbons (Fsp3) is 0.182. The summed E-state index contributed by atoms with van der Waals surface area (Å²) >= 11 is 3.39. The first-order valence-corrected chi connectivity index (χ1v) is 5.57. The number of rotatable bonds is 2. The number of carbonyl (C=O) groups is 1. The Labute approximate surface area is 101 Å². The molecule has 16 heavy (non-hydrogen) atoms. The molecule has 0 unspecified atom stereocenters. The van der Waals surface area contributed by atoms with Crippen molar-refractivity contribution in [1.29, 1.82) is 0 Å². The molecule has 0 fully saturated rings. The van der Waals surface area contributed by atoms with E-state index in [0.717, 1.165) is 20.9 Å². The largest absolute Gasteiger partial charge is 0.465 e. The second-order valence-corrected chi connectivity index (χ2v) is 4.56. The molecular formula is C11H11BrN2O2. The number of hydrogen-bond acceptors (Lipinski definition) is 1. The van der Waals surface area contributed by atoms with Gasteiger partial charge in [0.25, 0.3) is 0 Å². The van der Waals surface area contributed by atoms with Crippen molar-refractivity contribution in [3.63, 3.8) is 0 Å². The van der Waals surface area contributed by atoms with Crippen molar-refractivity contribution < 1.29 is 9.90 Å². The van der Waals surface area contributed by atoms with Gasteiger partial charge in [-0.05, 0) is 17.7 Å². The summed E-state index contributed by atoms with van der Waals surface area (Å²) in [7, 11) is 1.56. The number of carboxylic acid groups (broad SMARTS) is 1. The lowest BCUT2D eigenvalue weighted by atomic mass is 10.2. The molecule has 2 aromatic rings. The SMILES string of the molecule is CN(Cc1c[nH]c2cc(Br)ccc12)C(=O)O. The number of halogens is 1. The number of H-pyrrole nitrogens is 1. The van der Waals surface area contributed by atoms with Gasteiger partial charge in [0.15, 0.2) is 0 Å². The van der Waals surface area contributed by atoms with Gasteiger partial charge in [-0.2, -0.15) is 0 Å². The molecular weight excluding hydrogens is 272 g/mol. The summed E-state index contributed by atoms with van der Waals surface area (Å²) in [6.45, 7) is 0.386. The van der Waals surface area contributed by atoms with Crippen molar-refractivity contribution in [2.45, 2.75) is 6.54 Å². The molecule has 0 saturated carbocycles. The normalized spacial score (nSPS) is 10.6. The average molecular weight is 283 g/mol. The van der Waals surface area contributed by atoms with Crippen LogP contribution in [0.15, 0.2) is 28.9 Å². The van der Waals surface area contributed by atoms with Gasteiger partial charge in [0.05, 0.1) is 6.54 Å². The van der Waals surface area contributed by atoms with Crippen molar-refractivity contribution in [3.05, 3.63) is 34.4 Å². The lowest BCUT2D eigenvalue weighted by Crippen LogP contribution is -2.23. The minimum atomic E-state index is -0.925. The predicted molar refractivity (Wildman–Crippen MR) is 65.5 cm³/mol. The van der Waals surface area contributed by atoms with E-state index in [1.165, 1.54) is 4.90 Å². The highest BCUT2D eigenvalue weighted by atomic mass is 79.9. The van der Waals surface area contributed by atoms with Gasteiger partial charge in [0.2, 0.25) is 0 Å². The first-order chi connectivity index (χ1) is 7.58. The molecule has 0 bridgehead atoms. The van der Waals surface area contributed by atoms with E-state index >= 15 is 0 Å². The van der Waals surface area contributed by atoms with E-state index in [2.05, 4.69) is 20.9 Å². The molecule has 84 valence electrons. The van der Waals surface area contributed by atoms with Gasteiger partial charge in [-0.25, -0.2) is 4.79 Å². The van der Waals surface area contributed by atoms with Crippen molar-refractivity contribution >= 4 is 32.9 Å². The van der Waals surface area contributed by atoms with Crippen LogP contribution in [0.5, 0.6) is 0 Å². The van der Waals surface area contributed by atoms with Crippen LogP contribution >= 0.6 is 15.9 Å². The number of nitrogens with zero attached hydrogens (tertiary/aromatic N) is 1. The van der Waals surface area contributed by atoms with Crippen LogP contribution in [0, 0.1) is 0 Å². The lowest BCUT2D eigenvalue weighted by molar-refractivity contribution is 0.154. The number of aromatic nitrogens is 1. The average Bonchev–Trinajstić information content (AvgIpc) is 2.60. The molecule has 2 rings (SSSR count). The third-order valence-electron chi connectivity index (χ3n) is 2.46. The standard InChI is InChI=1S/C11H11BrN2O2/c1-14(11(15)16)6-7-5-13-10-4-8(12)2-3-9(7)10/h2-5,13H,6H2,1H3,(H,15,16). The zero-order chi connectivity index (χ0) is 11.7. The summed E-state index contributed by atoms with van der Waals surface area (Å²) in [5.41, 5.74) is 1.98. The Hall–Kier alpha value is -1.49. The van der Waals surface area contributed by atoms with E-state index in [9.17, 15) is 4.79 Å². The van der Waals surface area contributed by atoms with Crippen LogP contribution in [-0.4, -0.2) is 28.1 Å². The van der Waals surface area contributed by atoms with Gasteiger partial charge in [-0.3, -0.25) is 0 Å². The summed E-state index contributed by atoms with van der Waals surface area (Å²) in [4.78, 5) is 15.1. The topological polar surface area (TPSA) is 56.3 Å². The molecule has 1 amide bonds. The molecule has 0 aliphatic rings. The van der Waals surface area contributed by atoms with Gasteiger partial charge >= 0.3 is 6.09 Å². The Morgan fingerprint density at radius 1 is 1.56 bits per heavy atom. The third kappa shape index (κ3) is 2.04. The van der Waals surface area contributed by atoms with E-state index in [1.807, 2.05) is 24.4 Å². The third-order valence-corrected chi connectivity index (χ3v) is 2.96. The number of fused-ring (bicyclic) bond motifs is 1. The second kappa shape index (κ2) is 4.17. The van der Waals surface area contributed by atoms with Gasteiger partial charge in [-0.15, -0.1) is 0 Å². The molecule has 0 radical (unpaired) electrons. The Kier molecular flexibility index (Phi) is 2.87. The van der Waals surface area contributed by atoms with Crippen LogP contribution < -0.4 is 0 Å². The molecule has 0 atom stereocenters. The highest BCUT2D eigenvalue weighted by Gasteiger charge is 2.10. The molecule has 1 aromatic heterocycles. The van der Waals surface area contributed by atoms with E-state index in [0.29, 0.717) is 6.54 Å². The van der Waals surface area contributed by atoms with Gasteiger partial charge < -0.3 is 15.0 Å². The Bertz CT molecular complexity index is 536. The van der Waals surface area contributed by atoms with E-state index in [4.69, 9.17) is 5.11 Å². The number of nitrogens with one attached hydrogen (secondary N) is 1. The first kappa shape index (κ1) is 11.0. The van der Waals surface area contributed by atoms with Crippen LogP contribution in [0.2, 0.25) is 0 Å². The second-order valence-electron chi connectivity index (χ2n) is 3.64. The summed E-state index contributed by atoms with van der Waals surface area (Å²) in [5, 5.41) is 9.86. The van der Waals surface area contributed by atoms with Crippen molar-refractivity contribution in [3.8, 4) is 0 Å². The number of aromatic amines is 1. The molecule has 0 aliphatic carbocycles. The minimum Gasteiger partial charge on any atom is -0.465 e. The number of hydrogen-bond donors (Lipinski definition) is 2. The molecule has 0 saturated heterocycles. The van der Waals surface area contributed by atoms with Crippen molar-refractivity contribution in [2.24, 2.45) is 0 Å². The maximum absolute atomic E-state index is 10.7. The zero-order valence-corrected chi connectivity index (χ0v) is 10.3. The van der Waals surface area contributed by atoms with Crippen molar-refractivity contribution in [1.82, 2.24) is 9.88 Å². The van der Waals surface area contributed by atoms with Crippen LogP contribution in [0.3, 0.4) is 0 Å². The predicted octanol–water partition coefficient (Wildman–Crippen LogP) is 3.04. The highest BCUT2D eigenvalue weighted by molar-refractivity contribution is 9.10. The minimum absolute atomic E-state index is 0.386. The number of amides is 1. The van der Waals surface area contributed by atoms with Crippen molar-refractivity contribution in [2.75, 3.05) is 7.05 Å². The fourth-order valence-electron chi connectivity index (χ4n) is 1.61. The summed E-state index contributed by atoms with van der Waals surface area (Å²) in [6.07, 6.45) is 0.919.